The second-order valence-corrected chi connectivity index (χ2v) is 6.63. The van der Waals surface area contributed by atoms with Crippen LogP contribution >= 0.6 is 15.9 Å². The molecule has 0 aromatic heterocycles. The minimum atomic E-state index is -3.28. The van der Waals surface area contributed by atoms with Gasteiger partial charge in [0.25, 0.3) is 0 Å². The van der Waals surface area contributed by atoms with Crippen molar-refractivity contribution in [1.29, 1.82) is 0 Å². The molecule has 0 atom stereocenters. The zero-order valence-corrected chi connectivity index (χ0v) is 11.6. The molecule has 16 heavy (non-hydrogen) atoms. The van der Waals surface area contributed by atoms with Gasteiger partial charge in [-0.15, -0.1) is 0 Å². The zero-order chi connectivity index (χ0) is 12.3. The van der Waals surface area contributed by atoms with Crippen LogP contribution in [0.3, 0.4) is 0 Å². The number of rotatable bonds is 4. The lowest BCUT2D eigenvalue weighted by atomic mass is 10.3. The van der Waals surface area contributed by atoms with E-state index in [9.17, 15) is 8.42 Å². The van der Waals surface area contributed by atoms with E-state index in [2.05, 4.69) is 20.7 Å². The largest absolute Gasteiger partial charge is 0.398 e. The van der Waals surface area contributed by atoms with Crippen LogP contribution in [0.1, 0.15) is 13.8 Å². The van der Waals surface area contributed by atoms with Crippen LogP contribution in [0.5, 0.6) is 0 Å². The van der Waals surface area contributed by atoms with Crippen molar-refractivity contribution in [2.24, 2.45) is 5.92 Å². The Morgan fingerprint density at radius 3 is 2.56 bits per heavy atom. The normalized spacial score (nSPS) is 11.8. The molecule has 3 N–H and O–H groups in total. The first-order chi connectivity index (χ1) is 7.30. The standard InChI is InChI=1S/C10H15BrN2O2S/c1-7(2)6-16(14,15)13-8-3-4-10(12)9(11)5-8/h3-5,7,13H,6,12H2,1-2H3. The van der Waals surface area contributed by atoms with Crippen LogP contribution < -0.4 is 10.5 Å². The Hall–Kier alpha value is -0.750. The first-order valence-electron chi connectivity index (χ1n) is 4.85. The Morgan fingerprint density at radius 2 is 2.06 bits per heavy atom. The van der Waals surface area contributed by atoms with Crippen LogP contribution in [-0.2, 0) is 10.0 Å². The number of nitrogens with one attached hydrogen (secondary N) is 1. The summed E-state index contributed by atoms with van der Waals surface area (Å²) in [4.78, 5) is 0. The number of hydrogen-bond acceptors (Lipinski definition) is 3. The highest BCUT2D eigenvalue weighted by Gasteiger charge is 2.13. The van der Waals surface area contributed by atoms with E-state index < -0.39 is 10.0 Å². The lowest BCUT2D eigenvalue weighted by Crippen LogP contribution is -2.20. The fourth-order valence-electron chi connectivity index (χ4n) is 1.25. The average molecular weight is 307 g/mol. The van der Waals surface area contributed by atoms with E-state index in [4.69, 9.17) is 5.73 Å². The van der Waals surface area contributed by atoms with Gasteiger partial charge in [-0.25, -0.2) is 8.42 Å². The maximum atomic E-state index is 11.6. The van der Waals surface area contributed by atoms with Gasteiger partial charge >= 0.3 is 0 Å². The third kappa shape index (κ3) is 4.02. The second kappa shape index (κ2) is 5.05. The molecular weight excluding hydrogens is 292 g/mol. The number of nitrogen functional groups attached to an aromatic ring is 1. The molecule has 90 valence electrons. The van der Waals surface area contributed by atoms with E-state index in [1.165, 1.54) is 0 Å². The Bertz CT molecular complexity index is 472. The Kier molecular flexibility index (Phi) is 4.21. The average Bonchev–Trinajstić information content (AvgIpc) is 2.08. The van der Waals surface area contributed by atoms with Crippen molar-refractivity contribution in [1.82, 2.24) is 0 Å². The van der Waals surface area contributed by atoms with Gasteiger partial charge in [-0.2, -0.15) is 0 Å². The van der Waals surface area contributed by atoms with Crippen LogP contribution in [-0.4, -0.2) is 14.2 Å². The molecule has 0 spiro atoms. The Balaban J connectivity index is 2.84. The van der Waals surface area contributed by atoms with Crippen LogP contribution in [0.15, 0.2) is 22.7 Å². The number of halogens is 1. The van der Waals surface area contributed by atoms with Gasteiger partial charge in [0.2, 0.25) is 10.0 Å². The second-order valence-electron chi connectivity index (χ2n) is 4.01. The van der Waals surface area contributed by atoms with Crippen molar-refractivity contribution in [3.05, 3.63) is 22.7 Å². The van der Waals surface area contributed by atoms with E-state index in [1.807, 2.05) is 13.8 Å². The van der Waals surface area contributed by atoms with Gasteiger partial charge in [0, 0.05) is 15.8 Å². The highest BCUT2D eigenvalue weighted by Crippen LogP contribution is 2.23. The molecule has 0 saturated heterocycles. The summed E-state index contributed by atoms with van der Waals surface area (Å²) in [7, 11) is -3.28. The summed E-state index contributed by atoms with van der Waals surface area (Å²) in [5, 5.41) is 0. The summed E-state index contributed by atoms with van der Waals surface area (Å²) in [5.41, 5.74) is 6.70. The van der Waals surface area contributed by atoms with Crippen LogP contribution in [0, 0.1) is 5.92 Å². The van der Waals surface area contributed by atoms with Crippen molar-refractivity contribution in [2.75, 3.05) is 16.2 Å². The molecule has 0 saturated carbocycles. The zero-order valence-electron chi connectivity index (χ0n) is 9.20. The SMILES string of the molecule is CC(C)CS(=O)(=O)Nc1ccc(N)c(Br)c1. The monoisotopic (exact) mass is 306 g/mol. The fraction of sp³-hybridized carbons (Fsp3) is 0.400. The molecule has 4 nitrogen and oxygen atoms in total. The summed E-state index contributed by atoms with van der Waals surface area (Å²) < 4.78 is 26.5. The van der Waals surface area contributed by atoms with Crippen molar-refractivity contribution in [3.8, 4) is 0 Å². The van der Waals surface area contributed by atoms with Crippen molar-refractivity contribution in [2.45, 2.75) is 13.8 Å². The first kappa shape index (κ1) is 13.3. The molecule has 0 heterocycles. The van der Waals surface area contributed by atoms with E-state index >= 15 is 0 Å². The fourth-order valence-corrected chi connectivity index (χ4v) is 3.08. The third-order valence-electron chi connectivity index (χ3n) is 1.83. The third-order valence-corrected chi connectivity index (χ3v) is 4.17. The quantitative estimate of drug-likeness (QED) is 0.839. The highest BCUT2D eigenvalue weighted by atomic mass is 79.9. The number of anilines is 2. The molecule has 1 aromatic rings. The van der Waals surface area contributed by atoms with Crippen LogP contribution in [0.25, 0.3) is 0 Å². The number of sulfonamides is 1. The summed E-state index contributed by atoms with van der Waals surface area (Å²) in [6.45, 7) is 3.72. The minimum Gasteiger partial charge on any atom is -0.398 e. The Labute approximate surface area is 104 Å². The molecule has 0 aliphatic heterocycles. The molecular formula is C10H15BrN2O2S. The van der Waals surface area contributed by atoms with Gasteiger partial charge in [0.05, 0.1) is 5.75 Å². The lowest BCUT2D eigenvalue weighted by Gasteiger charge is -2.10. The first-order valence-corrected chi connectivity index (χ1v) is 7.30. The molecule has 1 aromatic carbocycles. The molecule has 0 fully saturated rings. The van der Waals surface area contributed by atoms with Gasteiger partial charge in [0.15, 0.2) is 0 Å². The predicted octanol–water partition coefficient (Wildman–Crippen LogP) is 2.43. The molecule has 0 radical (unpaired) electrons. The van der Waals surface area contributed by atoms with E-state index in [1.54, 1.807) is 18.2 Å². The van der Waals surface area contributed by atoms with Gasteiger partial charge in [-0.05, 0) is 40.0 Å². The van der Waals surface area contributed by atoms with Crippen molar-refractivity contribution in [3.63, 3.8) is 0 Å². The van der Waals surface area contributed by atoms with E-state index in [0.29, 0.717) is 15.8 Å². The summed E-state index contributed by atoms with van der Waals surface area (Å²) >= 11 is 3.24. The van der Waals surface area contributed by atoms with Crippen LogP contribution in [0.2, 0.25) is 0 Å². The summed E-state index contributed by atoms with van der Waals surface area (Å²) in [5.74, 6) is 0.198. The number of benzene rings is 1. The van der Waals surface area contributed by atoms with E-state index in [-0.39, 0.29) is 11.7 Å². The van der Waals surface area contributed by atoms with Crippen molar-refractivity contribution >= 4 is 37.3 Å². The Morgan fingerprint density at radius 1 is 1.44 bits per heavy atom. The van der Waals surface area contributed by atoms with Gasteiger partial charge in [-0.1, -0.05) is 13.8 Å². The molecule has 0 amide bonds. The maximum absolute atomic E-state index is 11.6. The summed E-state index contributed by atoms with van der Waals surface area (Å²) in [6, 6.07) is 4.93. The topological polar surface area (TPSA) is 72.2 Å². The molecule has 0 unspecified atom stereocenters. The van der Waals surface area contributed by atoms with Gasteiger partial charge in [-0.3, -0.25) is 4.72 Å². The molecule has 1 rings (SSSR count). The van der Waals surface area contributed by atoms with Gasteiger partial charge < -0.3 is 5.73 Å². The maximum Gasteiger partial charge on any atom is 0.232 e. The lowest BCUT2D eigenvalue weighted by molar-refractivity contribution is 0.587. The van der Waals surface area contributed by atoms with Gasteiger partial charge in [0.1, 0.15) is 0 Å². The predicted molar refractivity (Wildman–Crippen MR) is 70.8 cm³/mol. The molecule has 0 aliphatic rings. The minimum absolute atomic E-state index is 0.0923. The number of hydrogen-bond donors (Lipinski definition) is 2. The van der Waals surface area contributed by atoms with Crippen LogP contribution in [0.4, 0.5) is 11.4 Å². The number of nitrogens with two attached hydrogens (primary N) is 1. The molecule has 0 bridgehead atoms. The van der Waals surface area contributed by atoms with Crippen molar-refractivity contribution < 1.29 is 8.42 Å². The molecule has 6 heteroatoms. The smallest absolute Gasteiger partial charge is 0.232 e. The molecule has 0 aliphatic carbocycles. The van der Waals surface area contributed by atoms with E-state index in [0.717, 1.165) is 0 Å². The summed E-state index contributed by atoms with van der Waals surface area (Å²) in [6.07, 6.45) is 0. The highest BCUT2D eigenvalue weighted by molar-refractivity contribution is 9.10.